The van der Waals surface area contributed by atoms with Crippen LogP contribution >= 0.6 is 0 Å². The lowest BCUT2D eigenvalue weighted by Gasteiger charge is -2.05. The largest absolute Gasteiger partial charge is 0.422 e. The zero-order valence-corrected chi connectivity index (χ0v) is 14.5. The van der Waals surface area contributed by atoms with Crippen molar-refractivity contribution in [1.29, 1.82) is 0 Å². The zero-order valence-electron chi connectivity index (χ0n) is 14.5. The van der Waals surface area contributed by atoms with Gasteiger partial charge in [0, 0.05) is 23.7 Å². The Balaban J connectivity index is 1.97. The fourth-order valence-corrected chi connectivity index (χ4v) is 3.43. The Labute approximate surface area is 145 Å². The molecule has 4 aromatic rings. The van der Waals surface area contributed by atoms with Crippen LogP contribution in [0.4, 0.5) is 5.69 Å². The molecule has 1 N–H and O–H groups in total. The van der Waals surface area contributed by atoms with Gasteiger partial charge in [-0.2, -0.15) is 0 Å². The van der Waals surface area contributed by atoms with Gasteiger partial charge in [-0.3, -0.25) is 0 Å². The van der Waals surface area contributed by atoms with Crippen molar-refractivity contribution < 1.29 is 8.98 Å². The molecule has 5 nitrogen and oxygen atoms in total. The molecule has 126 valence electrons. The third-order valence-corrected chi connectivity index (χ3v) is 4.60. The average Bonchev–Trinajstić information content (AvgIpc) is 2.86. The maximum atomic E-state index is 12.7. The van der Waals surface area contributed by atoms with Crippen molar-refractivity contribution >= 4 is 27.7 Å². The zero-order chi connectivity index (χ0) is 17.6. The van der Waals surface area contributed by atoms with Crippen LogP contribution in [0.5, 0.6) is 0 Å². The van der Waals surface area contributed by atoms with Gasteiger partial charge in [0.15, 0.2) is 16.6 Å². The molecule has 0 aliphatic rings. The quantitative estimate of drug-likeness (QED) is 0.462. The van der Waals surface area contributed by atoms with E-state index in [-0.39, 0.29) is 5.63 Å². The number of benzene rings is 2. The number of para-hydroxylation sites is 2. The SMILES string of the molecule is CCNc1ccc2cc(-c3n(C)c4ccccc4[n+]3C)c(=O)oc2c1. The molecule has 4 rings (SSSR count). The Kier molecular flexibility index (Phi) is 3.57. The number of aromatic nitrogens is 2. The molecule has 0 atom stereocenters. The summed E-state index contributed by atoms with van der Waals surface area (Å²) in [7, 11) is 3.94. The Hall–Kier alpha value is -3.08. The van der Waals surface area contributed by atoms with Crippen LogP contribution in [0.1, 0.15) is 6.92 Å². The predicted octanol–water partition coefficient (Wildman–Crippen LogP) is 3.21. The first-order valence-corrected chi connectivity index (χ1v) is 8.35. The van der Waals surface area contributed by atoms with E-state index in [4.69, 9.17) is 4.42 Å². The topological polar surface area (TPSA) is 51.0 Å². The molecule has 5 heteroatoms. The van der Waals surface area contributed by atoms with Crippen LogP contribution < -0.4 is 15.5 Å². The molecule has 0 bridgehead atoms. The number of hydrogen-bond acceptors (Lipinski definition) is 3. The minimum Gasteiger partial charge on any atom is -0.422 e. The van der Waals surface area contributed by atoms with Gasteiger partial charge in [0.2, 0.25) is 0 Å². The summed E-state index contributed by atoms with van der Waals surface area (Å²) in [5, 5.41) is 4.14. The number of imidazole rings is 1. The maximum Gasteiger partial charge on any atom is 0.351 e. The smallest absolute Gasteiger partial charge is 0.351 e. The van der Waals surface area contributed by atoms with Gasteiger partial charge in [-0.15, -0.1) is 0 Å². The maximum absolute atomic E-state index is 12.7. The molecule has 0 aliphatic carbocycles. The number of rotatable bonds is 3. The monoisotopic (exact) mass is 334 g/mol. The molecule has 0 spiro atoms. The molecule has 0 fully saturated rings. The highest BCUT2D eigenvalue weighted by Crippen LogP contribution is 2.24. The Morgan fingerprint density at radius 1 is 1.16 bits per heavy atom. The highest BCUT2D eigenvalue weighted by atomic mass is 16.4. The van der Waals surface area contributed by atoms with Crippen LogP contribution in [0.2, 0.25) is 0 Å². The molecule has 0 radical (unpaired) electrons. The summed E-state index contributed by atoms with van der Waals surface area (Å²) in [6, 6.07) is 15.8. The van der Waals surface area contributed by atoms with Crippen molar-refractivity contribution in [3.8, 4) is 11.4 Å². The van der Waals surface area contributed by atoms with Crippen molar-refractivity contribution in [2.45, 2.75) is 6.92 Å². The third-order valence-electron chi connectivity index (χ3n) is 4.60. The summed E-state index contributed by atoms with van der Waals surface area (Å²) in [5.74, 6) is 0.826. The van der Waals surface area contributed by atoms with Crippen LogP contribution in [-0.4, -0.2) is 11.1 Å². The van der Waals surface area contributed by atoms with Gasteiger partial charge in [0.05, 0.1) is 14.1 Å². The van der Waals surface area contributed by atoms with Crippen LogP contribution in [0.15, 0.2) is 57.7 Å². The number of nitrogens with zero attached hydrogens (tertiary/aromatic N) is 2. The van der Waals surface area contributed by atoms with E-state index in [9.17, 15) is 4.79 Å². The summed E-state index contributed by atoms with van der Waals surface area (Å²) < 4.78 is 9.67. The van der Waals surface area contributed by atoms with E-state index in [0.717, 1.165) is 34.5 Å². The number of hydrogen-bond donors (Lipinski definition) is 1. The molecule has 0 aliphatic heterocycles. The van der Waals surface area contributed by atoms with Crippen molar-refractivity contribution in [3.63, 3.8) is 0 Å². The lowest BCUT2D eigenvalue weighted by atomic mass is 10.1. The van der Waals surface area contributed by atoms with E-state index < -0.39 is 0 Å². The van der Waals surface area contributed by atoms with E-state index in [1.54, 1.807) is 0 Å². The van der Waals surface area contributed by atoms with E-state index in [2.05, 4.69) is 5.32 Å². The molecule has 0 amide bonds. The fourth-order valence-electron chi connectivity index (χ4n) is 3.43. The molecule has 2 aromatic heterocycles. The number of nitrogens with one attached hydrogen (secondary N) is 1. The number of aryl methyl sites for hydroxylation is 2. The van der Waals surface area contributed by atoms with Crippen LogP contribution in [-0.2, 0) is 14.1 Å². The number of fused-ring (bicyclic) bond motifs is 2. The highest BCUT2D eigenvalue weighted by Gasteiger charge is 2.25. The molecule has 25 heavy (non-hydrogen) atoms. The molecular formula is C20H20N3O2+. The second-order valence-corrected chi connectivity index (χ2v) is 6.16. The summed E-state index contributed by atoms with van der Waals surface area (Å²) in [6.45, 7) is 2.85. The lowest BCUT2D eigenvalue weighted by molar-refractivity contribution is -0.634. The van der Waals surface area contributed by atoms with Gasteiger partial charge < -0.3 is 9.73 Å². The molecular weight excluding hydrogens is 314 g/mol. The Morgan fingerprint density at radius 2 is 1.96 bits per heavy atom. The number of anilines is 1. The van der Waals surface area contributed by atoms with Gasteiger partial charge >= 0.3 is 5.63 Å². The predicted molar refractivity (Wildman–Crippen MR) is 99.7 cm³/mol. The van der Waals surface area contributed by atoms with Gasteiger partial charge in [-0.1, -0.05) is 12.1 Å². The average molecular weight is 334 g/mol. The van der Waals surface area contributed by atoms with Crippen molar-refractivity contribution in [3.05, 3.63) is 59.0 Å². The van der Waals surface area contributed by atoms with E-state index in [0.29, 0.717) is 11.1 Å². The van der Waals surface area contributed by atoms with Crippen molar-refractivity contribution in [2.75, 3.05) is 11.9 Å². The van der Waals surface area contributed by atoms with Crippen LogP contribution in [0.25, 0.3) is 33.4 Å². The van der Waals surface area contributed by atoms with E-state index in [1.807, 2.05) is 78.7 Å². The van der Waals surface area contributed by atoms with Crippen LogP contribution in [0.3, 0.4) is 0 Å². The lowest BCUT2D eigenvalue weighted by Crippen LogP contribution is -2.31. The first-order chi connectivity index (χ1) is 12.1. The fraction of sp³-hybridized carbons (Fsp3) is 0.200. The highest BCUT2D eigenvalue weighted by molar-refractivity contribution is 5.84. The second-order valence-electron chi connectivity index (χ2n) is 6.16. The Bertz CT molecular complexity index is 1120. The van der Waals surface area contributed by atoms with Gasteiger partial charge in [-0.25, -0.2) is 13.9 Å². The molecule has 0 saturated carbocycles. The second kappa shape index (κ2) is 5.77. The van der Waals surface area contributed by atoms with E-state index >= 15 is 0 Å². The first kappa shape index (κ1) is 15.4. The molecule has 0 unspecified atom stereocenters. The minimum absolute atomic E-state index is 0.331. The van der Waals surface area contributed by atoms with Gasteiger partial charge in [0.1, 0.15) is 5.58 Å². The minimum atomic E-state index is -0.331. The van der Waals surface area contributed by atoms with Crippen molar-refractivity contribution in [2.24, 2.45) is 14.1 Å². The standard InChI is InChI=1S/C20H19N3O2/c1-4-21-14-10-9-13-11-15(20(24)25-18(13)12-14)19-22(2)16-7-5-6-8-17(16)23(19)3/h5-12H,4H2,1-3H3/p+1. The first-order valence-electron chi connectivity index (χ1n) is 8.35. The molecule has 0 saturated heterocycles. The molecule has 2 heterocycles. The summed E-state index contributed by atoms with van der Waals surface area (Å²) >= 11 is 0. The normalized spacial score (nSPS) is 11.3. The van der Waals surface area contributed by atoms with Gasteiger partial charge in [-0.05, 0) is 37.3 Å². The third kappa shape index (κ3) is 2.39. The summed E-state index contributed by atoms with van der Waals surface area (Å²) in [5.41, 5.74) is 3.91. The van der Waals surface area contributed by atoms with Crippen molar-refractivity contribution in [1.82, 2.24) is 4.57 Å². The Morgan fingerprint density at radius 3 is 2.72 bits per heavy atom. The van der Waals surface area contributed by atoms with E-state index in [1.165, 1.54) is 0 Å². The van der Waals surface area contributed by atoms with Crippen LogP contribution in [0, 0.1) is 0 Å². The summed E-state index contributed by atoms with van der Waals surface area (Å²) in [6.07, 6.45) is 0. The summed E-state index contributed by atoms with van der Waals surface area (Å²) in [4.78, 5) is 12.7. The molecule has 2 aromatic carbocycles. The van der Waals surface area contributed by atoms with Gasteiger partial charge in [0.25, 0.3) is 5.82 Å².